The van der Waals surface area contributed by atoms with E-state index in [0.29, 0.717) is 5.56 Å². The highest BCUT2D eigenvalue weighted by Crippen LogP contribution is 2.30. The molecular weight excluding hydrogens is 383 g/mol. The van der Waals surface area contributed by atoms with E-state index in [1.54, 1.807) is 6.07 Å². The summed E-state index contributed by atoms with van der Waals surface area (Å²) < 4.78 is 6.80. The fourth-order valence-corrected chi connectivity index (χ4v) is 2.86. The smallest absolute Gasteiger partial charge is 0.338 e. The largest absolute Gasteiger partial charge is 0.465 e. The van der Waals surface area contributed by atoms with Crippen molar-refractivity contribution in [3.05, 3.63) is 43.9 Å². The molecule has 0 radical (unpaired) electrons. The van der Waals surface area contributed by atoms with E-state index in [1.165, 1.54) is 7.11 Å². The molecule has 16 heavy (non-hydrogen) atoms. The van der Waals surface area contributed by atoms with Crippen molar-refractivity contribution < 1.29 is 9.53 Å². The summed E-state index contributed by atoms with van der Waals surface area (Å²) in [6.07, 6.45) is 0. The van der Waals surface area contributed by atoms with E-state index in [1.807, 2.05) is 24.3 Å². The molecule has 0 aromatic heterocycles. The first kappa shape index (κ1) is 11.9. The third kappa shape index (κ3) is 1.96. The van der Waals surface area contributed by atoms with Crippen LogP contribution in [0.15, 0.2) is 34.8 Å². The molecule has 0 aliphatic heterocycles. The number of hydrogen-bond acceptors (Lipinski definition) is 2. The number of hydrogen-bond donors (Lipinski definition) is 0. The van der Waals surface area contributed by atoms with Crippen LogP contribution in [0.4, 0.5) is 0 Å². The average molecular weight is 391 g/mol. The Morgan fingerprint density at radius 3 is 2.75 bits per heavy atom. The Labute approximate surface area is 115 Å². The molecule has 0 saturated carbocycles. The van der Waals surface area contributed by atoms with Crippen LogP contribution in [0.2, 0.25) is 0 Å². The van der Waals surface area contributed by atoms with Crippen LogP contribution in [-0.2, 0) is 4.74 Å². The zero-order valence-corrected chi connectivity index (χ0v) is 12.2. The highest BCUT2D eigenvalue weighted by molar-refractivity contribution is 14.1. The van der Waals surface area contributed by atoms with Gasteiger partial charge in [-0.05, 0) is 46.2 Å². The number of benzene rings is 2. The van der Waals surface area contributed by atoms with Crippen LogP contribution in [0, 0.1) is 3.57 Å². The maximum Gasteiger partial charge on any atom is 0.338 e. The maximum atomic E-state index is 11.7. The van der Waals surface area contributed by atoms with Crippen molar-refractivity contribution in [1.29, 1.82) is 0 Å². The number of ether oxygens (including phenoxy) is 1. The lowest BCUT2D eigenvalue weighted by molar-refractivity contribution is 0.0603. The fraction of sp³-hybridized carbons (Fsp3) is 0.0833. The second kappa shape index (κ2) is 4.71. The molecule has 2 aromatic rings. The van der Waals surface area contributed by atoms with Gasteiger partial charge in [-0.1, -0.05) is 28.1 Å². The number of halogens is 2. The Hall–Kier alpha value is -0.620. The quantitative estimate of drug-likeness (QED) is 0.543. The van der Waals surface area contributed by atoms with E-state index >= 15 is 0 Å². The van der Waals surface area contributed by atoms with Crippen molar-refractivity contribution in [1.82, 2.24) is 0 Å². The van der Waals surface area contributed by atoms with Crippen molar-refractivity contribution in [2.45, 2.75) is 0 Å². The normalized spacial score (nSPS) is 10.4. The molecule has 0 aliphatic rings. The second-order valence-electron chi connectivity index (χ2n) is 3.25. The maximum absolute atomic E-state index is 11.7. The molecule has 82 valence electrons. The van der Waals surface area contributed by atoms with Crippen molar-refractivity contribution in [3.8, 4) is 0 Å². The Kier molecular flexibility index (Phi) is 3.49. The number of esters is 1. The minimum Gasteiger partial charge on any atom is -0.465 e. The highest BCUT2D eigenvalue weighted by atomic mass is 127. The summed E-state index contributed by atoms with van der Waals surface area (Å²) in [6.45, 7) is 0. The van der Waals surface area contributed by atoms with Gasteiger partial charge in [0.15, 0.2) is 0 Å². The van der Waals surface area contributed by atoms with Crippen LogP contribution in [0.25, 0.3) is 10.8 Å². The predicted octanol–water partition coefficient (Wildman–Crippen LogP) is 3.99. The van der Waals surface area contributed by atoms with E-state index in [4.69, 9.17) is 4.74 Å². The number of rotatable bonds is 1. The first-order valence-electron chi connectivity index (χ1n) is 4.60. The Balaban J connectivity index is 2.86. The standard InChI is InChI=1S/C12H8BrIO2/c1-16-12(15)8-5-6-9(13)7-3-2-4-10(14)11(7)8/h2-6H,1H3. The highest BCUT2D eigenvalue weighted by Gasteiger charge is 2.13. The lowest BCUT2D eigenvalue weighted by Gasteiger charge is -2.08. The molecular formula is C12H8BrIO2. The van der Waals surface area contributed by atoms with Crippen LogP contribution < -0.4 is 0 Å². The summed E-state index contributed by atoms with van der Waals surface area (Å²) in [4.78, 5) is 11.7. The molecule has 2 rings (SSSR count). The predicted molar refractivity (Wildman–Crippen MR) is 75.7 cm³/mol. The lowest BCUT2D eigenvalue weighted by Crippen LogP contribution is -2.02. The van der Waals surface area contributed by atoms with Crippen molar-refractivity contribution >= 4 is 55.3 Å². The molecule has 0 aliphatic carbocycles. The molecule has 0 fully saturated rings. The Bertz CT molecular complexity index is 566. The molecule has 0 unspecified atom stereocenters. The Morgan fingerprint density at radius 2 is 2.06 bits per heavy atom. The summed E-state index contributed by atoms with van der Waals surface area (Å²) in [5.74, 6) is -0.304. The van der Waals surface area contributed by atoms with Crippen molar-refractivity contribution in [3.63, 3.8) is 0 Å². The number of fused-ring (bicyclic) bond motifs is 1. The summed E-state index contributed by atoms with van der Waals surface area (Å²) in [5.41, 5.74) is 0.603. The van der Waals surface area contributed by atoms with Gasteiger partial charge < -0.3 is 4.74 Å². The molecule has 0 saturated heterocycles. The summed E-state index contributed by atoms with van der Waals surface area (Å²) in [6, 6.07) is 9.57. The van der Waals surface area contributed by atoms with Crippen LogP contribution in [0.3, 0.4) is 0 Å². The van der Waals surface area contributed by atoms with E-state index in [9.17, 15) is 4.79 Å². The van der Waals surface area contributed by atoms with Crippen LogP contribution in [-0.4, -0.2) is 13.1 Å². The van der Waals surface area contributed by atoms with Gasteiger partial charge in [0.2, 0.25) is 0 Å². The van der Waals surface area contributed by atoms with Crippen LogP contribution >= 0.6 is 38.5 Å². The monoisotopic (exact) mass is 390 g/mol. The molecule has 2 aromatic carbocycles. The van der Waals surface area contributed by atoms with Crippen LogP contribution in [0.5, 0.6) is 0 Å². The van der Waals surface area contributed by atoms with E-state index < -0.39 is 0 Å². The van der Waals surface area contributed by atoms with Gasteiger partial charge in [0.25, 0.3) is 0 Å². The zero-order valence-electron chi connectivity index (χ0n) is 8.46. The van der Waals surface area contributed by atoms with E-state index in [2.05, 4.69) is 38.5 Å². The fourth-order valence-electron chi connectivity index (χ4n) is 1.61. The molecule has 2 nitrogen and oxygen atoms in total. The first-order valence-corrected chi connectivity index (χ1v) is 6.47. The van der Waals surface area contributed by atoms with Gasteiger partial charge >= 0.3 is 5.97 Å². The van der Waals surface area contributed by atoms with Gasteiger partial charge in [0.05, 0.1) is 12.7 Å². The lowest BCUT2D eigenvalue weighted by atomic mass is 10.0. The van der Waals surface area contributed by atoms with Gasteiger partial charge in [-0.3, -0.25) is 0 Å². The summed E-state index contributed by atoms with van der Waals surface area (Å²) >= 11 is 5.70. The van der Waals surface area contributed by atoms with Gasteiger partial charge in [0.1, 0.15) is 0 Å². The molecule has 0 bridgehead atoms. The summed E-state index contributed by atoms with van der Waals surface area (Å²) in [5, 5.41) is 1.96. The van der Waals surface area contributed by atoms with E-state index in [-0.39, 0.29) is 5.97 Å². The number of carbonyl (C=O) groups is 1. The van der Waals surface area contributed by atoms with Crippen molar-refractivity contribution in [2.75, 3.05) is 7.11 Å². The molecule has 4 heteroatoms. The SMILES string of the molecule is COC(=O)c1ccc(Br)c2cccc(I)c12. The van der Waals surface area contributed by atoms with Crippen LogP contribution in [0.1, 0.15) is 10.4 Å². The van der Waals surface area contributed by atoms with E-state index in [0.717, 1.165) is 18.8 Å². The molecule has 0 atom stereocenters. The zero-order chi connectivity index (χ0) is 11.7. The molecule has 0 N–H and O–H groups in total. The third-order valence-electron chi connectivity index (χ3n) is 2.34. The molecule has 0 spiro atoms. The summed E-state index contributed by atoms with van der Waals surface area (Å²) in [7, 11) is 1.39. The third-order valence-corrected chi connectivity index (χ3v) is 3.93. The topological polar surface area (TPSA) is 26.3 Å². The molecule has 0 amide bonds. The number of carbonyl (C=O) groups excluding carboxylic acids is 1. The first-order chi connectivity index (χ1) is 7.65. The number of methoxy groups -OCH3 is 1. The minimum atomic E-state index is -0.304. The van der Waals surface area contributed by atoms with Gasteiger partial charge in [0, 0.05) is 13.4 Å². The second-order valence-corrected chi connectivity index (χ2v) is 5.27. The van der Waals surface area contributed by atoms with Gasteiger partial charge in [-0.25, -0.2) is 4.79 Å². The molecule has 0 heterocycles. The Morgan fingerprint density at radius 1 is 1.31 bits per heavy atom. The average Bonchev–Trinajstić information content (AvgIpc) is 2.30. The van der Waals surface area contributed by atoms with Crippen molar-refractivity contribution in [2.24, 2.45) is 0 Å². The van der Waals surface area contributed by atoms with Gasteiger partial charge in [-0.15, -0.1) is 0 Å². The minimum absolute atomic E-state index is 0.304. The van der Waals surface area contributed by atoms with Gasteiger partial charge in [-0.2, -0.15) is 0 Å².